The fraction of sp³-hybridized carbons (Fsp3) is 0.348. The van der Waals surface area contributed by atoms with Crippen LogP contribution in [0.3, 0.4) is 0 Å². The molecule has 0 saturated carbocycles. The van der Waals surface area contributed by atoms with Gasteiger partial charge in [-0.3, -0.25) is 9.59 Å². The van der Waals surface area contributed by atoms with Gasteiger partial charge in [-0.25, -0.2) is 13.2 Å². The van der Waals surface area contributed by atoms with Gasteiger partial charge in [-0.15, -0.1) is 0 Å². The molecule has 170 valence electrons. The molecule has 0 aliphatic carbocycles. The van der Waals surface area contributed by atoms with Crippen molar-refractivity contribution in [2.75, 3.05) is 26.3 Å². The smallest absolute Gasteiger partial charge is 0.344 e. The molecule has 1 heterocycles. The summed E-state index contributed by atoms with van der Waals surface area (Å²) in [5, 5.41) is 0. The van der Waals surface area contributed by atoms with Crippen molar-refractivity contribution < 1.29 is 32.3 Å². The van der Waals surface area contributed by atoms with Crippen molar-refractivity contribution >= 4 is 27.6 Å². The van der Waals surface area contributed by atoms with Gasteiger partial charge in [-0.2, -0.15) is 4.31 Å². The molecule has 0 radical (unpaired) electrons. The van der Waals surface area contributed by atoms with Gasteiger partial charge in [-0.1, -0.05) is 6.42 Å². The van der Waals surface area contributed by atoms with Gasteiger partial charge in [0.1, 0.15) is 5.75 Å². The van der Waals surface area contributed by atoms with E-state index in [0.29, 0.717) is 24.4 Å². The molecule has 1 aliphatic rings. The molecule has 0 N–H and O–H groups in total. The van der Waals surface area contributed by atoms with E-state index in [2.05, 4.69) is 0 Å². The zero-order chi connectivity index (χ0) is 23.1. The maximum Gasteiger partial charge on any atom is 0.344 e. The van der Waals surface area contributed by atoms with Crippen LogP contribution in [0.1, 0.15) is 46.9 Å². The minimum Gasteiger partial charge on any atom is -0.482 e. The predicted molar refractivity (Wildman–Crippen MR) is 116 cm³/mol. The zero-order valence-corrected chi connectivity index (χ0v) is 18.6. The quantitative estimate of drug-likeness (QED) is 0.419. The van der Waals surface area contributed by atoms with E-state index in [4.69, 9.17) is 9.47 Å². The average Bonchev–Trinajstić information content (AvgIpc) is 2.82. The van der Waals surface area contributed by atoms with Crippen molar-refractivity contribution in [3.05, 3.63) is 59.7 Å². The molecule has 0 unspecified atom stereocenters. The maximum atomic E-state index is 12.7. The number of hydrogen-bond acceptors (Lipinski definition) is 7. The van der Waals surface area contributed by atoms with Crippen LogP contribution in [-0.2, 0) is 19.6 Å². The second-order valence-electron chi connectivity index (χ2n) is 7.44. The minimum atomic E-state index is -3.57. The third-order valence-corrected chi connectivity index (χ3v) is 7.02. The molecule has 8 nitrogen and oxygen atoms in total. The van der Waals surface area contributed by atoms with E-state index < -0.39 is 28.4 Å². The van der Waals surface area contributed by atoms with E-state index in [1.807, 2.05) is 0 Å². The van der Waals surface area contributed by atoms with Crippen LogP contribution in [-0.4, -0.2) is 56.6 Å². The molecule has 32 heavy (non-hydrogen) atoms. The minimum absolute atomic E-state index is 0.0772. The van der Waals surface area contributed by atoms with Crippen LogP contribution in [0.5, 0.6) is 5.75 Å². The highest BCUT2D eigenvalue weighted by molar-refractivity contribution is 7.89. The number of esters is 1. The molecule has 0 amide bonds. The first-order valence-corrected chi connectivity index (χ1v) is 11.7. The van der Waals surface area contributed by atoms with Crippen LogP contribution < -0.4 is 4.74 Å². The molecule has 1 fully saturated rings. The molecular weight excluding hydrogens is 434 g/mol. The highest BCUT2D eigenvalue weighted by Crippen LogP contribution is 2.21. The molecule has 3 rings (SSSR count). The van der Waals surface area contributed by atoms with E-state index >= 15 is 0 Å². The van der Waals surface area contributed by atoms with Gasteiger partial charge in [0.05, 0.1) is 4.90 Å². The average molecular weight is 460 g/mol. The largest absolute Gasteiger partial charge is 0.482 e. The Labute approximate surface area is 187 Å². The first kappa shape index (κ1) is 23.6. The first-order valence-electron chi connectivity index (χ1n) is 10.3. The number of hydrogen-bond donors (Lipinski definition) is 0. The Morgan fingerprint density at radius 3 is 2.03 bits per heavy atom. The Kier molecular flexibility index (Phi) is 7.76. The number of carbonyl (C=O) groups is 3. The molecule has 1 saturated heterocycles. The number of ketones is 2. The third kappa shape index (κ3) is 6.02. The summed E-state index contributed by atoms with van der Waals surface area (Å²) in [4.78, 5) is 35.5. The Hall–Kier alpha value is -3.04. The lowest BCUT2D eigenvalue weighted by Crippen LogP contribution is -2.35. The van der Waals surface area contributed by atoms with Gasteiger partial charge < -0.3 is 9.47 Å². The number of Topliss-reactive ketones (excluding diaryl/α,β-unsaturated/α-hetero) is 2. The topological polar surface area (TPSA) is 107 Å². The fourth-order valence-corrected chi connectivity index (χ4v) is 4.78. The summed E-state index contributed by atoms with van der Waals surface area (Å²) in [5.74, 6) is -0.861. The van der Waals surface area contributed by atoms with Crippen molar-refractivity contribution in [2.24, 2.45) is 0 Å². The molecule has 0 atom stereocenters. The van der Waals surface area contributed by atoms with Crippen LogP contribution in [0.2, 0.25) is 0 Å². The lowest BCUT2D eigenvalue weighted by molar-refractivity contribution is -0.144. The number of rotatable bonds is 9. The number of benzene rings is 2. The molecule has 2 aromatic carbocycles. The van der Waals surface area contributed by atoms with Crippen molar-refractivity contribution in [3.8, 4) is 5.75 Å². The number of carbonyl (C=O) groups excluding carboxylic acids is 3. The van der Waals surface area contributed by atoms with Crippen LogP contribution in [0.4, 0.5) is 0 Å². The van der Waals surface area contributed by atoms with Crippen molar-refractivity contribution in [3.63, 3.8) is 0 Å². The number of nitrogens with zero attached hydrogens (tertiary/aromatic N) is 1. The van der Waals surface area contributed by atoms with E-state index in [0.717, 1.165) is 19.3 Å². The summed E-state index contributed by atoms with van der Waals surface area (Å²) in [7, 11) is -3.57. The summed E-state index contributed by atoms with van der Waals surface area (Å²) in [6.07, 6.45) is 2.71. The Morgan fingerprint density at radius 2 is 1.44 bits per heavy atom. The van der Waals surface area contributed by atoms with E-state index in [9.17, 15) is 22.8 Å². The number of piperidine rings is 1. The van der Waals surface area contributed by atoms with Crippen molar-refractivity contribution in [1.82, 2.24) is 4.31 Å². The van der Waals surface area contributed by atoms with Crippen LogP contribution in [0.25, 0.3) is 0 Å². The summed E-state index contributed by atoms with van der Waals surface area (Å²) in [6.45, 7) is 1.58. The first-order chi connectivity index (χ1) is 15.3. The monoisotopic (exact) mass is 459 g/mol. The van der Waals surface area contributed by atoms with E-state index in [1.54, 1.807) is 24.3 Å². The third-order valence-electron chi connectivity index (χ3n) is 5.11. The Balaban J connectivity index is 1.49. The number of sulfonamides is 1. The van der Waals surface area contributed by atoms with Crippen molar-refractivity contribution in [2.45, 2.75) is 31.1 Å². The predicted octanol–water partition coefficient (Wildman–Crippen LogP) is 2.87. The fourth-order valence-electron chi connectivity index (χ4n) is 3.27. The highest BCUT2D eigenvalue weighted by atomic mass is 32.2. The SMILES string of the molecule is CC(=O)c1ccc(OCC(=O)OCC(=O)c2ccc(S(=O)(=O)N3CCCCC3)cc2)cc1. The van der Waals surface area contributed by atoms with E-state index in [-0.39, 0.29) is 22.8 Å². The van der Waals surface area contributed by atoms with Gasteiger partial charge in [-0.05, 0) is 68.3 Å². The summed E-state index contributed by atoms with van der Waals surface area (Å²) in [6, 6.07) is 11.9. The summed E-state index contributed by atoms with van der Waals surface area (Å²) >= 11 is 0. The van der Waals surface area contributed by atoms with Crippen LogP contribution >= 0.6 is 0 Å². The van der Waals surface area contributed by atoms with Gasteiger partial charge in [0.25, 0.3) is 0 Å². The Bertz CT molecular complexity index is 1070. The maximum absolute atomic E-state index is 12.7. The molecule has 2 aromatic rings. The summed E-state index contributed by atoms with van der Waals surface area (Å²) < 4.78 is 37.0. The molecular formula is C23H25NO7S. The van der Waals surface area contributed by atoms with E-state index in [1.165, 1.54) is 35.5 Å². The number of ether oxygens (including phenoxy) is 2. The lowest BCUT2D eigenvalue weighted by atomic mass is 10.1. The normalized spacial score (nSPS) is 14.5. The van der Waals surface area contributed by atoms with Crippen LogP contribution in [0.15, 0.2) is 53.4 Å². The summed E-state index contributed by atoms with van der Waals surface area (Å²) in [5.41, 5.74) is 0.774. The molecule has 0 bridgehead atoms. The highest BCUT2D eigenvalue weighted by Gasteiger charge is 2.26. The van der Waals surface area contributed by atoms with Gasteiger partial charge in [0.2, 0.25) is 10.0 Å². The second kappa shape index (κ2) is 10.5. The van der Waals surface area contributed by atoms with Gasteiger partial charge in [0, 0.05) is 24.2 Å². The molecule has 9 heteroatoms. The molecule has 1 aliphatic heterocycles. The van der Waals surface area contributed by atoms with Crippen LogP contribution in [0, 0.1) is 0 Å². The second-order valence-corrected chi connectivity index (χ2v) is 9.38. The van der Waals surface area contributed by atoms with Gasteiger partial charge >= 0.3 is 5.97 Å². The standard InChI is InChI=1S/C23H25NO7S/c1-17(25)18-5-9-20(10-6-18)30-16-23(27)31-15-22(26)19-7-11-21(12-8-19)32(28,29)24-13-3-2-4-14-24/h5-12H,2-4,13-16H2,1H3. The Morgan fingerprint density at radius 1 is 0.844 bits per heavy atom. The van der Waals surface area contributed by atoms with Crippen molar-refractivity contribution in [1.29, 1.82) is 0 Å². The molecule has 0 spiro atoms. The molecule has 0 aromatic heterocycles. The lowest BCUT2D eigenvalue weighted by Gasteiger charge is -2.25. The van der Waals surface area contributed by atoms with Gasteiger partial charge in [0.15, 0.2) is 24.8 Å². The zero-order valence-electron chi connectivity index (χ0n) is 17.8.